The van der Waals surface area contributed by atoms with E-state index in [1.807, 2.05) is 18.3 Å². The number of carbonyl (C=O) groups is 1. The molecule has 0 fully saturated rings. The topological polar surface area (TPSA) is 51.1 Å². The average Bonchev–Trinajstić information content (AvgIpc) is 2.97. The van der Waals surface area contributed by atoms with E-state index in [-0.39, 0.29) is 23.1 Å². The largest absolute Gasteiger partial charge is 0.416 e. The molecule has 1 aliphatic heterocycles. The number of anilines is 1. The molecule has 3 aromatic rings. The monoisotopic (exact) mass is 518 g/mol. The van der Waals surface area contributed by atoms with Gasteiger partial charge in [0.05, 0.1) is 16.6 Å². The van der Waals surface area contributed by atoms with Crippen molar-refractivity contribution in [3.05, 3.63) is 73.5 Å². The third kappa shape index (κ3) is 3.89. The summed E-state index contributed by atoms with van der Waals surface area (Å²) < 4.78 is 80.8. The lowest BCUT2D eigenvalue weighted by atomic mass is 10.1. The number of hydrogen-bond donors (Lipinski definition) is 1. The molecule has 1 aromatic heterocycles. The van der Waals surface area contributed by atoms with Crippen LogP contribution in [0.1, 0.15) is 40.0 Å². The van der Waals surface area contributed by atoms with Gasteiger partial charge in [0.2, 0.25) is 5.43 Å². The van der Waals surface area contributed by atoms with Gasteiger partial charge in [0, 0.05) is 27.8 Å². The summed E-state index contributed by atoms with van der Waals surface area (Å²) in [5.41, 5.74) is -3.40. The van der Waals surface area contributed by atoms with Gasteiger partial charge in [0.1, 0.15) is 5.56 Å². The first-order valence-corrected chi connectivity index (χ1v) is 10.0. The highest BCUT2D eigenvalue weighted by Gasteiger charge is 2.37. The fraction of sp³-hybridized carbons (Fsp3) is 0.238. The second-order valence-corrected chi connectivity index (χ2v) is 8.46. The van der Waals surface area contributed by atoms with E-state index in [1.54, 1.807) is 4.57 Å². The van der Waals surface area contributed by atoms with Crippen molar-refractivity contribution in [2.45, 2.75) is 31.7 Å². The van der Waals surface area contributed by atoms with E-state index < -0.39 is 40.5 Å². The number of pyridine rings is 1. The summed E-state index contributed by atoms with van der Waals surface area (Å²) in [6.45, 7) is 1.86. The van der Waals surface area contributed by atoms with Gasteiger partial charge in [-0.2, -0.15) is 26.3 Å². The minimum absolute atomic E-state index is 0.0398. The molecule has 168 valence electrons. The van der Waals surface area contributed by atoms with Crippen molar-refractivity contribution in [1.82, 2.24) is 4.57 Å². The van der Waals surface area contributed by atoms with Crippen molar-refractivity contribution in [1.29, 1.82) is 0 Å². The lowest BCUT2D eigenvalue weighted by Crippen LogP contribution is -2.24. The zero-order valence-corrected chi connectivity index (χ0v) is 17.7. The highest BCUT2D eigenvalue weighted by Crippen LogP contribution is 2.38. The van der Waals surface area contributed by atoms with Gasteiger partial charge in [0.15, 0.2) is 0 Å². The van der Waals surface area contributed by atoms with Gasteiger partial charge in [-0.3, -0.25) is 9.59 Å². The minimum atomic E-state index is -5.06. The maximum absolute atomic E-state index is 13.1. The van der Waals surface area contributed by atoms with Crippen molar-refractivity contribution in [3.63, 3.8) is 0 Å². The van der Waals surface area contributed by atoms with Gasteiger partial charge >= 0.3 is 12.4 Å². The Kier molecular flexibility index (Phi) is 5.15. The maximum Gasteiger partial charge on any atom is 0.416 e. The Morgan fingerprint density at radius 1 is 1.03 bits per heavy atom. The molecule has 1 aliphatic rings. The quantitative estimate of drug-likeness (QED) is 0.412. The molecule has 11 heteroatoms. The summed E-state index contributed by atoms with van der Waals surface area (Å²) in [4.78, 5) is 25.7. The lowest BCUT2D eigenvalue weighted by molar-refractivity contribution is -0.143. The van der Waals surface area contributed by atoms with Crippen molar-refractivity contribution < 1.29 is 31.1 Å². The van der Waals surface area contributed by atoms with Crippen molar-refractivity contribution in [2.24, 2.45) is 0 Å². The van der Waals surface area contributed by atoms with Gasteiger partial charge in [-0.1, -0.05) is 15.9 Å². The fourth-order valence-corrected chi connectivity index (χ4v) is 4.35. The molecular weight excluding hydrogens is 506 g/mol. The van der Waals surface area contributed by atoms with Crippen LogP contribution in [0.2, 0.25) is 0 Å². The van der Waals surface area contributed by atoms with Crippen LogP contribution in [0.5, 0.6) is 0 Å². The summed E-state index contributed by atoms with van der Waals surface area (Å²) in [6.07, 6.45) is -8.24. The molecule has 2 aromatic carbocycles. The van der Waals surface area contributed by atoms with Gasteiger partial charge in [0.25, 0.3) is 5.91 Å². The number of carbonyl (C=O) groups excluding carboxylic acids is 1. The first kappa shape index (κ1) is 22.4. The summed E-state index contributed by atoms with van der Waals surface area (Å²) in [6, 6.07) is 4.02. The minimum Gasteiger partial charge on any atom is -0.343 e. The predicted octanol–water partition coefficient (Wildman–Crippen LogP) is 6.17. The van der Waals surface area contributed by atoms with Crippen LogP contribution >= 0.6 is 15.9 Å². The van der Waals surface area contributed by atoms with Gasteiger partial charge in [-0.15, -0.1) is 0 Å². The fourth-order valence-electron chi connectivity index (χ4n) is 3.85. The number of aromatic nitrogens is 1. The van der Waals surface area contributed by atoms with E-state index >= 15 is 0 Å². The molecule has 1 unspecified atom stereocenters. The number of nitrogens with zero attached hydrogens (tertiary/aromatic N) is 1. The van der Waals surface area contributed by atoms with E-state index in [2.05, 4.69) is 15.9 Å². The van der Waals surface area contributed by atoms with Crippen LogP contribution < -0.4 is 10.7 Å². The van der Waals surface area contributed by atoms with E-state index in [9.17, 15) is 35.9 Å². The molecule has 4 nitrogen and oxygen atoms in total. The van der Waals surface area contributed by atoms with Gasteiger partial charge in [-0.05, 0) is 49.2 Å². The second kappa shape index (κ2) is 7.36. The number of benzene rings is 2. The maximum atomic E-state index is 13.1. The van der Waals surface area contributed by atoms with E-state index in [4.69, 9.17) is 0 Å². The first-order chi connectivity index (χ1) is 14.8. The number of halogens is 7. The van der Waals surface area contributed by atoms with Gasteiger partial charge in [-0.25, -0.2) is 0 Å². The molecule has 0 saturated heterocycles. The van der Waals surface area contributed by atoms with Crippen LogP contribution in [0.3, 0.4) is 0 Å². The summed E-state index contributed by atoms with van der Waals surface area (Å²) in [5.74, 6) is -1.10. The smallest absolute Gasteiger partial charge is 0.343 e. The zero-order valence-electron chi connectivity index (χ0n) is 16.2. The molecular formula is C21H13BrF6N2O2. The number of nitrogens with one attached hydrogen (secondary N) is 1. The molecule has 1 amide bonds. The van der Waals surface area contributed by atoms with E-state index in [1.165, 1.54) is 12.3 Å². The molecule has 1 atom stereocenters. The molecule has 1 N–H and O–H groups in total. The summed E-state index contributed by atoms with van der Waals surface area (Å²) in [5, 5.41) is 2.25. The number of alkyl halides is 6. The van der Waals surface area contributed by atoms with E-state index in [0.29, 0.717) is 28.5 Å². The van der Waals surface area contributed by atoms with Crippen molar-refractivity contribution in [3.8, 4) is 0 Å². The summed E-state index contributed by atoms with van der Waals surface area (Å²) >= 11 is 3.31. The molecule has 0 saturated carbocycles. The molecule has 0 aliphatic carbocycles. The Balaban J connectivity index is 1.81. The SMILES string of the molecule is CC1Cc2cc(Br)cc3c(=O)c(C(=O)Nc4cc(C(F)(F)F)cc(C(F)(F)F)c4)cn1c23. The van der Waals surface area contributed by atoms with Crippen LogP contribution in [0.4, 0.5) is 32.0 Å². The number of rotatable bonds is 2. The number of hydrogen-bond acceptors (Lipinski definition) is 2. The van der Waals surface area contributed by atoms with Crippen LogP contribution in [0.15, 0.2) is 45.8 Å². The predicted molar refractivity (Wildman–Crippen MR) is 109 cm³/mol. The second-order valence-electron chi connectivity index (χ2n) is 7.54. The molecule has 2 heterocycles. The summed E-state index contributed by atoms with van der Waals surface area (Å²) in [7, 11) is 0. The molecule has 0 radical (unpaired) electrons. The van der Waals surface area contributed by atoms with Gasteiger partial charge < -0.3 is 9.88 Å². The van der Waals surface area contributed by atoms with Crippen LogP contribution in [-0.4, -0.2) is 10.5 Å². The zero-order chi connectivity index (χ0) is 23.6. The van der Waals surface area contributed by atoms with Crippen LogP contribution in [0, 0.1) is 0 Å². The third-order valence-corrected chi connectivity index (χ3v) is 5.71. The molecule has 0 spiro atoms. The Morgan fingerprint density at radius 3 is 2.19 bits per heavy atom. The van der Waals surface area contributed by atoms with Crippen LogP contribution in [0.25, 0.3) is 10.9 Å². The third-order valence-electron chi connectivity index (χ3n) is 5.25. The Labute approximate surface area is 185 Å². The van der Waals surface area contributed by atoms with Crippen LogP contribution in [-0.2, 0) is 18.8 Å². The Bertz CT molecular complexity index is 1290. The first-order valence-electron chi connectivity index (χ1n) is 9.24. The highest BCUT2D eigenvalue weighted by molar-refractivity contribution is 9.10. The van der Waals surface area contributed by atoms with Crippen molar-refractivity contribution >= 4 is 38.4 Å². The highest BCUT2D eigenvalue weighted by atomic mass is 79.9. The van der Waals surface area contributed by atoms with Crippen molar-refractivity contribution in [2.75, 3.05) is 5.32 Å². The number of amides is 1. The average molecular weight is 519 g/mol. The Morgan fingerprint density at radius 2 is 1.62 bits per heavy atom. The lowest BCUT2D eigenvalue weighted by Gasteiger charge is -2.16. The molecule has 4 rings (SSSR count). The molecule has 32 heavy (non-hydrogen) atoms. The van der Waals surface area contributed by atoms with E-state index in [0.717, 1.165) is 5.56 Å². The normalized spacial score (nSPS) is 15.9. The molecule has 0 bridgehead atoms. The Hall–Kier alpha value is -2.82. The standard InChI is InChI=1S/C21H13BrF6N2O2/c1-9-2-10-3-13(22)7-15-17(10)30(9)8-16(18(15)31)19(32)29-14-5-11(20(23,24)25)4-12(6-14)21(26,27)28/h3-9H,2H2,1H3,(H,29,32).